The third-order valence-corrected chi connectivity index (χ3v) is 3.51. The van der Waals surface area contributed by atoms with Crippen LogP contribution >= 0.6 is 0 Å². The SMILES string of the molecule is Cn1nccc1COCC(=O)N1CCCCC1C(=O)O. The maximum absolute atomic E-state index is 12.0. The predicted molar refractivity (Wildman–Crippen MR) is 69.9 cm³/mol. The van der Waals surface area contributed by atoms with Crippen molar-refractivity contribution in [1.29, 1.82) is 0 Å². The molecule has 1 saturated heterocycles. The predicted octanol–water partition coefficient (Wildman–Crippen LogP) is 0.402. The first-order valence-electron chi connectivity index (χ1n) is 6.66. The molecule has 1 aromatic rings. The Kier molecular flexibility index (Phi) is 4.73. The van der Waals surface area contributed by atoms with Crippen molar-refractivity contribution in [2.24, 2.45) is 7.05 Å². The van der Waals surface area contributed by atoms with Gasteiger partial charge in [-0.2, -0.15) is 5.10 Å². The zero-order valence-electron chi connectivity index (χ0n) is 11.5. The number of aliphatic carboxylic acids is 1. The van der Waals surface area contributed by atoms with Crippen molar-refractivity contribution in [3.63, 3.8) is 0 Å². The Hall–Kier alpha value is -1.89. The van der Waals surface area contributed by atoms with Crippen molar-refractivity contribution in [2.75, 3.05) is 13.2 Å². The summed E-state index contributed by atoms with van der Waals surface area (Å²) in [6, 6.07) is 1.10. The molecule has 110 valence electrons. The molecule has 1 amide bonds. The monoisotopic (exact) mass is 281 g/mol. The second kappa shape index (κ2) is 6.51. The van der Waals surface area contributed by atoms with Gasteiger partial charge < -0.3 is 14.7 Å². The fraction of sp³-hybridized carbons (Fsp3) is 0.615. The second-order valence-corrected chi connectivity index (χ2v) is 4.88. The number of aryl methyl sites for hydroxylation is 1. The summed E-state index contributed by atoms with van der Waals surface area (Å²) in [5.41, 5.74) is 0.867. The van der Waals surface area contributed by atoms with Crippen LogP contribution in [0.25, 0.3) is 0 Å². The molecule has 0 saturated carbocycles. The van der Waals surface area contributed by atoms with Crippen LogP contribution in [0.5, 0.6) is 0 Å². The van der Waals surface area contributed by atoms with E-state index in [1.807, 2.05) is 6.07 Å². The van der Waals surface area contributed by atoms with Crippen LogP contribution in [0.1, 0.15) is 25.0 Å². The van der Waals surface area contributed by atoms with Gasteiger partial charge in [-0.15, -0.1) is 0 Å². The summed E-state index contributed by atoms with van der Waals surface area (Å²) in [5.74, 6) is -1.20. The van der Waals surface area contributed by atoms with Gasteiger partial charge in [0, 0.05) is 19.8 Å². The Morgan fingerprint density at radius 2 is 2.30 bits per heavy atom. The van der Waals surface area contributed by atoms with Gasteiger partial charge >= 0.3 is 5.97 Å². The minimum absolute atomic E-state index is 0.102. The molecule has 20 heavy (non-hydrogen) atoms. The van der Waals surface area contributed by atoms with Gasteiger partial charge in [0.15, 0.2) is 0 Å². The molecular weight excluding hydrogens is 262 g/mol. The van der Waals surface area contributed by atoms with Crippen molar-refractivity contribution in [1.82, 2.24) is 14.7 Å². The van der Waals surface area contributed by atoms with E-state index in [1.165, 1.54) is 4.90 Å². The lowest BCUT2D eigenvalue weighted by Gasteiger charge is -2.32. The molecule has 1 aromatic heterocycles. The molecule has 0 spiro atoms. The molecule has 7 nitrogen and oxygen atoms in total. The van der Waals surface area contributed by atoms with Gasteiger partial charge in [-0.1, -0.05) is 0 Å². The molecule has 0 aliphatic carbocycles. The third kappa shape index (κ3) is 3.36. The number of carbonyl (C=O) groups excluding carboxylic acids is 1. The molecule has 0 bridgehead atoms. The smallest absolute Gasteiger partial charge is 0.326 e. The lowest BCUT2D eigenvalue weighted by molar-refractivity contribution is -0.154. The van der Waals surface area contributed by atoms with Gasteiger partial charge in [0.1, 0.15) is 12.6 Å². The number of aromatic nitrogens is 2. The number of ether oxygens (including phenoxy) is 1. The van der Waals surface area contributed by atoms with Gasteiger partial charge in [0.2, 0.25) is 5.91 Å². The first-order valence-corrected chi connectivity index (χ1v) is 6.66. The molecule has 0 aromatic carbocycles. The van der Waals surface area contributed by atoms with E-state index < -0.39 is 12.0 Å². The molecule has 1 aliphatic rings. The molecule has 7 heteroatoms. The molecule has 0 radical (unpaired) electrons. The first kappa shape index (κ1) is 14.5. The molecule has 1 unspecified atom stereocenters. The summed E-state index contributed by atoms with van der Waals surface area (Å²) in [6.07, 6.45) is 3.86. The van der Waals surface area contributed by atoms with Crippen LogP contribution in [0.3, 0.4) is 0 Å². The van der Waals surface area contributed by atoms with Crippen LogP contribution < -0.4 is 0 Å². The fourth-order valence-corrected chi connectivity index (χ4v) is 2.36. The van der Waals surface area contributed by atoms with Crippen LogP contribution in [-0.2, 0) is 28.0 Å². The average Bonchev–Trinajstić information content (AvgIpc) is 2.84. The largest absolute Gasteiger partial charge is 0.480 e. The van der Waals surface area contributed by atoms with E-state index in [-0.39, 0.29) is 19.1 Å². The topological polar surface area (TPSA) is 84.7 Å². The number of amides is 1. The van der Waals surface area contributed by atoms with E-state index in [0.29, 0.717) is 13.0 Å². The Bertz CT molecular complexity index is 486. The molecular formula is C13H19N3O4. The zero-order chi connectivity index (χ0) is 14.5. The number of nitrogens with zero attached hydrogens (tertiary/aromatic N) is 3. The van der Waals surface area contributed by atoms with E-state index in [1.54, 1.807) is 17.9 Å². The first-order chi connectivity index (χ1) is 9.59. The number of likely N-dealkylation sites (tertiary alicyclic amines) is 1. The summed E-state index contributed by atoms with van der Waals surface area (Å²) in [7, 11) is 1.80. The normalized spacial score (nSPS) is 19.1. The van der Waals surface area contributed by atoms with E-state index in [2.05, 4.69) is 5.10 Å². The van der Waals surface area contributed by atoms with Crippen molar-refractivity contribution in [3.05, 3.63) is 18.0 Å². The van der Waals surface area contributed by atoms with Crippen LogP contribution in [-0.4, -0.2) is 50.9 Å². The van der Waals surface area contributed by atoms with Crippen LogP contribution in [0.4, 0.5) is 0 Å². The number of hydrogen-bond acceptors (Lipinski definition) is 4. The lowest BCUT2D eigenvalue weighted by atomic mass is 10.0. The summed E-state index contributed by atoms with van der Waals surface area (Å²) in [6.45, 7) is 0.674. The van der Waals surface area contributed by atoms with Crippen molar-refractivity contribution >= 4 is 11.9 Å². The van der Waals surface area contributed by atoms with Gasteiger partial charge in [0.25, 0.3) is 0 Å². The van der Waals surface area contributed by atoms with E-state index in [0.717, 1.165) is 18.5 Å². The minimum atomic E-state index is -0.940. The number of carboxylic acid groups (broad SMARTS) is 1. The number of hydrogen-bond donors (Lipinski definition) is 1. The number of carbonyl (C=O) groups is 2. The summed E-state index contributed by atoms with van der Waals surface area (Å²) < 4.78 is 7.03. The minimum Gasteiger partial charge on any atom is -0.480 e. The van der Waals surface area contributed by atoms with Crippen LogP contribution in [0, 0.1) is 0 Å². The summed E-state index contributed by atoms with van der Waals surface area (Å²) in [4.78, 5) is 24.6. The molecule has 1 aliphatic heterocycles. The number of rotatable bonds is 5. The Balaban J connectivity index is 1.84. The van der Waals surface area contributed by atoms with Crippen LogP contribution in [0.15, 0.2) is 12.3 Å². The zero-order valence-corrected chi connectivity index (χ0v) is 11.5. The number of carboxylic acids is 1. The second-order valence-electron chi connectivity index (χ2n) is 4.88. The van der Waals surface area contributed by atoms with Crippen LogP contribution in [0.2, 0.25) is 0 Å². The quantitative estimate of drug-likeness (QED) is 0.844. The van der Waals surface area contributed by atoms with E-state index in [9.17, 15) is 9.59 Å². The maximum Gasteiger partial charge on any atom is 0.326 e. The van der Waals surface area contributed by atoms with Gasteiger partial charge in [-0.25, -0.2) is 4.79 Å². The summed E-state index contributed by atoms with van der Waals surface area (Å²) >= 11 is 0. The van der Waals surface area contributed by atoms with E-state index in [4.69, 9.17) is 9.84 Å². The van der Waals surface area contributed by atoms with Crippen molar-refractivity contribution < 1.29 is 19.4 Å². The average molecular weight is 281 g/mol. The highest BCUT2D eigenvalue weighted by atomic mass is 16.5. The maximum atomic E-state index is 12.0. The van der Waals surface area contributed by atoms with Gasteiger partial charge in [0.05, 0.1) is 12.3 Å². The molecule has 2 rings (SSSR count). The van der Waals surface area contributed by atoms with Crippen molar-refractivity contribution in [3.8, 4) is 0 Å². The molecule has 2 heterocycles. The third-order valence-electron chi connectivity index (χ3n) is 3.51. The highest BCUT2D eigenvalue weighted by Crippen LogP contribution is 2.17. The molecule has 1 atom stereocenters. The Morgan fingerprint density at radius 3 is 2.95 bits per heavy atom. The number of piperidine rings is 1. The highest BCUT2D eigenvalue weighted by molar-refractivity contribution is 5.84. The fourth-order valence-electron chi connectivity index (χ4n) is 2.36. The molecule has 1 fully saturated rings. The Morgan fingerprint density at radius 1 is 1.50 bits per heavy atom. The van der Waals surface area contributed by atoms with Crippen molar-refractivity contribution in [2.45, 2.75) is 31.9 Å². The lowest BCUT2D eigenvalue weighted by Crippen LogP contribution is -2.49. The van der Waals surface area contributed by atoms with Gasteiger partial charge in [-0.05, 0) is 25.3 Å². The highest BCUT2D eigenvalue weighted by Gasteiger charge is 2.31. The standard InChI is InChI=1S/C13H19N3O4/c1-15-10(5-6-14-15)8-20-9-12(17)16-7-3-2-4-11(16)13(18)19/h5-6,11H,2-4,7-9H2,1H3,(H,18,19). The van der Waals surface area contributed by atoms with E-state index >= 15 is 0 Å². The molecule has 1 N–H and O–H groups in total. The Labute approximate surface area is 117 Å². The van der Waals surface area contributed by atoms with Gasteiger partial charge in [-0.3, -0.25) is 9.48 Å². The summed E-state index contributed by atoms with van der Waals surface area (Å²) in [5, 5.41) is 13.1.